The van der Waals surface area contributed by atoms with Crippen molar-refractivity contribution in [3.05, 3.63) is 96.1 Å². The van der Waals surface area contributed by atoms with Crippen LogP contribution in [0, 0.1) is 13.8 Å². The van der Waals surface area contributed by atoms with Gasteiger partial charge in [0, 0.05) is 0 Å². The maximum Gasteiger partial charge on any atom is -0.00820 e. The number of benzene rings is 3. The lowest BCUT2D eigenvalue weighted by Crippen LogP contribution is -1.96. The second-order valence-corrected chi connectivity index (χ2v) is 6.75. The highest BCUT2D eigenvalue weighted by molar-refractivity contribution is 6.06. The quantitative estimate of drug-likeness (QED) is 0.259. The van der Waals surface area contributed by atoms with E-state index in [1.807, 2.05) is 18.2 Å². The van der Waals surface area contributed by atoms with Crippen molar-refractivity contribution in [1.29, 1.82) is 0 Å². The molecule has 0 heterocycles. The molecule has 0 nitrogen and oxygen atoms in total. The summed E-state index contributed by atoms with van der Waals surface area (Å²) < 4.78 is 0. The first kappa shape index (κ1) is 17.2. The molecule has 0 saturated heterocycles. The van der Waals surface area contributed by atoms with Gasteiger partial charge >= 0.3 is 0 Å². The van der Waals surface area contributed by atoms with Gasteiger partial charge in [-0.2, -0.15) is 0 Å². The predicted octanol–water partition coefficient (Wildman–Crippen LogP) is 7.01. The third-order valence-electron chi connectivity index (χ3n) is 4.84. The molecule has 0 spiro atoms. The molecule has 0 atom stereocenters. The maximum atomic E-state index is 3.92. The normalized spacial score (nSPS) is 11.4. The van der Waals surface area contributed by atoms with E-state index in [9.17, 15) is 0 Å². The summed E-state index contributed by atoms with van der Waals surface area (Å²) in [5, 5.41) is 5.52. The molecule has 0 saturated carbocycles. The van der Waals surface area contributed by atoms with E-state index in [2.05, 4.69) is 69.5 Å². The minimum absolute atomic E-state index is 0.924. The first-order valence-corrected chi connectivity index (χ1v) is 8.98. The van der Waals surface area contributed by atoms with Gasteiger partial charge in [0.25, 0.3) is 0 Å². The lowest BCUT2D eigenvalue weighted by molar-refractivity contribution is 1.02. The number of hydrogen-bond donors (Lipinski definition) is 0. The first-order valence-electron chi connectivity index (χ1n) is 8.98. The minimum Gasteiger partial charge on any atom is -0.103 e. The standard InChI is InChI=1S/C25H26/c1-5-7-9-11-21-23-15-13-18(3)16-24(23)20(10-8-6-2)22-14-12-19(4)17-25(21)22/h5-7,9,12-17H,1-2,8,10-11H2,3-4H3. The molecule has 0 bridgehead atoms. The van der Waals surface area contributed by atoms with Crippen molar-refractivity contribution in [1.82, 2.24) is 0 Å². The molecule has 3 aromatic carbocycles. The molecular formula is C25H26. The average molecular weight is 326 g/mol. The summed E-state index contributed by atoms with van der Waals surface area (Å²) in [4.78, 5) is 0. The van der Waals surface area contributed by atoms with Crippen LogP contribution >= 0.6 is 0 Å². The van der Waals surface area contributed by atoms with Crippen LogP contribution in [0.1, 0.15) is 28.7 Å². The summed E-state index contributed by atoms with van der Waals surface area (Å²) in [5.74, 6) is 0. The molecule has 0 aliphatic rings. The molecule has 0 aliphatic heterocycles. The number of fused-ring (bicyclic) bond motifs is 2. The molecule has 0 N–H and O–H groups in total. The summed E-state index contributed by atoms with van der Waals surface area (Å²) in [6.07, 6.45) is 11.1. The van der Waals surface area contributed by atoms with Gasteiger partial charge in [-0.1, -0.05) is 78.4 Å². The highest BCUT2D eigenvalue weighted by Crippen LogP contribution is 2.35. The van der Waals surface area contributed by atoms with Gasteiger partial charge in [-0.3, -0.25) is 0 Å². The summed E-state index contributed by atoms with van der Waals surface area (Å²) in [5.41, 5.74) is 5.48. The van der Waals surface area contributed by atoms with Crippen LogP contribution in [0.4, 0.5) is 0 Å². The van der Waals surface area contributed by atoms with E-state index in [4.69, 9.17) is 0 Å². The SMILES string of the molecule is C=CC=CCc1c2cc(C)ccc2c(CCC=C)c2cc(C)ccc12. The van der Waals surface area contributed by atoms with Crippen LogP contribution in [0.5, 0.6) is 0 Å². The molecule has 25 heavy (non-hydrogen) atoms. The van der Waals surface area contributed by atoms with Crippen molar-refractivity contribution in [2.75, 3.05) is 0 Å². The Bertz CT molecular complexity index is 970. The van der Waals surface area contributed by atoms with Gasteiger partial charge in [0.15, 0.2) is 0 Å². The van der Waals surface area contributed by atoms with Crippen molar-refractivity contribution < 1.29 is 0 Å². The number of aryl methyl sites for hydroxylation is 3. The molecule has 0 radical (unpaired) electrons. The Morgan fingerprint density at radius 2 is 1.40 bits per heavy atom. The Hall–Kier alpha value is -2.60. The topological polar surface area (TPSA) is 0 Å². The van der Waals surface area contributed by atoms with Crippen molar-refractivity contribution in [3.63, 3.8) is 0 Å². The van der Waals surface area contributed by atoms with Crippen LogP contribution in [0.3, 0.4) is 0 Å². The Balaban J connectivity index is 2.40. The lowest BCUT2D eigenvalue weighted by Gasteiger charge is -2.17. The monoisotopic (exact) mass is 326 g/mol. The van der Waals surface area contributed by atoms with E-state index < -0.39 is 0 Å². The molecule has 0 heteroatoms. The van der Waals surface area contributed by atoms with Gasteiger partial charge in [-0.15, -0.1) is 6.58 Å². The van der Waals surface area contributed by atoms with E-state index in [1.165, 1.54) is 43.8 Å². The lowest BCUT2D eigenvalue weighted by atomic mass is 9.87. The maximum absolute atomic E-state index is 3.92. The van der Waals surface area contributed by atoms with Crippen LogP contribution < -0.4 is 0 Å². The van der Waals surface area contributed by atoms with Crippen molar-refractivity contribution in [2.45, 2.75) is 33.1 Å². The van der Waals surface area contributed by atoms with Crippen LogP contribution in [0.25, 0.3) is 21.5 Å². The first-order chi connectivity index (χ1) is 12.2. The molecule has 0 amide bonds. The van der Waals surface area contributed by atoms with Gasteiger partial charge in [-0.05, 0) is 65.8 Å². The zero-order chi connectivity index (χ0) is 17.8. The fourth-order valence-corrected chi connectivity index (χ4v) is 3.65. The van der Waals surface area contributed by atoms with Gasteiger partial charge in [-0.25, -0.2) is 0 Å². The molecule has 126 valence electrons. The summed E-state index contributed by atoms with van der Waals surface area (Å²) in [7, 11) is 0. The van der Waals surface area contributed by atoms with Gasteiger partial charge in [0.05, 0.1) is 0 Å². The number of allylic oxidation sites excluding steroid dienone is 4. The highest BCUT2D eigenvalue weighted by Gasteiger charge is 2.13. The van der Waals surface area contributed by atoms with Crippen LogP contribution in [0.15, 0.2) is 73.9 Å². The molecule has 0 fully saturated rings. The Morgan fingerprint density at radius 1 is 0.800 bits per heavy atom. The molecule has 3 aromatic rings. The largest absolute Gasteiger partial charge is 0.103 e. The smallest absolute Gasteiger partial charge is 0.00820 e. The van der Waals surface area contributed by atoms with Gasteiger partial charge < -0.3 is 0 Å². The molecule has 0 aliphatic carbocycles. The van der Waals surface area contributed by atoms with Crippen LogP contribution in [-0.2, 0) is 12.8 Å². The van der Waals surface area contributed by atoms with E-state index in [1.54, 1.807) is 0 Å². The zero-order valence-corrected chi connectivity index (χ0v) is 15.3. The third-order valence-corrected chi connectivity index (χ3v) is 4.84. The predicted molar refractivity (Wildman–Crippen MR) is 112 cm³/mol. The average Bonchev–Trinajstić information content (AvgIpc) is 2.60. The van der Waals surface area contributed by atoms with E-state index >= 15 is 0 Å². The molecule has 0 unspecified atom stereocenters. The molecule has 0 aromatic heterocycles. The number of rotatable bonds is 6. The van der Waals surface area contributed by atoms with E-state index in [0.29, 0.717) is 0 Å². The van der Waals surface area contributed by atoms with E-state index in [-0.39, 0.29) is 0 Å². The zero-order valence-electron chi connectivity index (χ0n) is 15.3. The number of hydrogen-bond acceptors (Lipinski definition) is 0. The Labute approximate surface area is 151 Å². The summed E-state index contributed by atoms with van der Waals surface area (Å²) >= 11 is 0. The van der Waals surface area contributed by atoms with Gasteiger partial charge in [0.1, 0.15) is 0 Å². The summed E-state index contributed by atoms with van der Waals surface area (Å²) in [6.45, 7) is 12.1. The fourth-order valence-electron chi connectivity index (χ4n) is 3.65. The van der Waals surface area contributed by atoms with Gasteiger partial charge in [0.2, 0.25) is 0 Å². The Kier molecular flexibility index (Phi) is 5.19. The second kappa shape index (κ2) is 7.53. The Morgan fingerprint density at radius 3 is 2.00 bits per heavy atom. The van der Waals surface area contributed by atoms with Crippen LogP contribution in [0.2, 0.25) is 0 Å². The van der Waals surface area contributed by atoms with Crippen molar-refractivity contribution in [2.24, 2.45) is 0 Å². The van der Waals surface area contributed by atoms with Crippen molar-refractivity contribution in [3.8, 4) is 0 Å². The van der Waals surface area contributed by atoms with Crippen LogP contribution in [-0.4, -0.2) is 0 Å². The summed E-state index contributed by atoms with van der Waals surface area (Å²) in [6, 6.07) is 13.7. The highest BCUT2D eigenvalue weighted by atomic mass is 14.2. The molecule has 3 rings (SSSR count). The fraction of sp³-hybridized carbons (Fsp3) is 0.200. The van der Waals surface area contributed by atoms with Crippen molar-refractivity contribution >= 4 is 21.5 Å². The van der Waals surface area contributed by atoms with E-state index in [0.717, 1.165) is 19.3 Å². The molecular weight excluding hydrogens is 300 g/mol. The minimum atomic E-state index is 0.924. The second-order valence-electron chi connectivity index (χ2n) is 6.75. The third kappa shape index (κ3) is 3.44.